The van der Waals surface area contributed by atoms with E-state index in [2.05, 4.69) is 25.7 Å². The summed E-state index contributed by atoms with van der Waals surface area (Å²) >= 11 is 0. The smallest absolute Gasteiger partial charge is 0.290 e. The lowest BCUT2D eigenvalue weighted by atomic mass is 9.95. The number of rotatable bonds is 15. The van der Waals surface area contributed by atoms with Gasteiger partial charge in [0, 0.05) is 13.1 Å². The van der Waals surface area contributed by atoms with E-state index in [1.807, 2.05) is 55.5 Å². The van der Waals surface area contributed by atoms with Gasteiger partial charge in [-0.05, 0) is 55.8 Å². The highest BCUT2D eigenvalue weighted by Gasteiger charge is 2.43. The summed E-state index contributed by atoms with van der Waals surface area (Å²) in [5, 5.41) is 10.9. The third-order valence-corrected chi connectivity index (χ3v) is 6.69. The molecular formula is C31H40N2O5. The Morgan fingerprint density at radius 3 is 2.42 bits per heavy atom. The summed E-state index contributed by atoms with van der Waals surface area (Å²) in [5.74, 6) is -0.280. The highest BCUT2D eigenvalue weighted by molar-refractivity contribution is 6.14. The van der Waals surface area contributed by atoms with Crippen LogP contribution in [-0.4, -0.2) is 66.0 Å². The van der Waals surface area contributed by atoms with E-state index in [-0.39, 0.29) is 5.57 Å². The van der Waals surface area contributed by atoms with Gasteiger partial charge in [-0.15, -0.1) is 0 Å². The van der Waals surface area contributed by atoms with Gasteiger partial charge < -0.3 is 24.4 Å². The monoisotopic (exact) mass is 520 g/mol. The van der Waals surface area contributed by atoms with Crippen molar-refractivity contribution < 1.29 is 24.2 Å². The van der Waals surface area contributed by atoms with Gasteiger partial charge in [-0.1, -0.05) is 69.7 Å². The van der Waals surface area contributed by atoms with Crippen LogP contribution in [0, 0.1) is 0 Å². The molecule has 7 heteroatoms. The van der Waals surface area contributed by atoms with Crippen molar-refractivity contribution in [3.05, 3.63) is 77.1 Å². The maximum Gasteiger partial charge on any atom is 0.290 e. The molecule has 7 nitrogen and oxygen atoms in total. The van der Waals surface area contributed by atoms with Crippen molar-refractivity contribution in [1.29, 1.82) is 0 Å². The number of carbonyl (C=O) groups is 2. The maximum atomic E-state index is 13.5. The van der Waals surface area contributed by atoms with Gasteiger partial charge in [0.1, 0.15) is 0 Å². The third-order valence-electron chi connectivity index (χ3n) is 6.69. The fourth-order valence-corrected chi connectivity index (χ4v) is 4.51. The SMILES string of the molecule is CCCCOc1ccc(C2C(C(=O)C=Cc3ccccc3)=C(O)C(=O)N2CCN(CC)CC)cc1OCC. The Morgan fingerprint density at radius 1 is 1.03 bits per heavy atom. The minimum atomic E-state index is -0.741. The van der Waals surface area contributed by atoms with Crippen LogP contribution >= 0.6 is 0 Å². The summed E-state index contributed by atoms with van der Waals surface area (Å²) in [6, 6.07) is 14.2. The summed E-state index contributed by atoms with van der Waals surface area (Å²) in [7, 11) is 0. The number of aliphatic hydroxyl groups is 1. The van der Waals surface area contributed by atoms with E-state index in [1.54, 1.807) is 11.0 Å². The average Bonchev–Trinajstić information content (AvgIpc) is 3.19. The molecule has 1 amide bonds. The Kier molecular flexibility index (Phi) is 11.0. The predicted octanol–water partition coefficient (Wildman–Crippen LogP) is 5.58. The van der Waals surface area contributed by atoms with E-state index >= 15 is 0 Å². The third kappa shape index (κ3) is 7.04. The number of benzene rings is 2. The second-order valence-electron chi connectivity index (χ2n) is 9.14. The molecule has 1 atom stereocenters. The molecule has 0 bridgehead atoms. The van der Waals surface area contributed by atoms with Gasteiger partial charge >= 0.3 is 0 Å². The molecule has 1 unspecified atom stereocenters. The van der Waals surface area contributed by atoms with Crippen LogP contribution in [0.1, 0.15) is 57.7 Å². The first-order chi connectivity index (χ1) is 18.4. The van der Waals surface area contributed by atoms with Gasteiger partial charge in [-0.2, -0.15) is 0 Å². The molecule has 1 aliphatic rings. The molecule has 0 fully saturated rings. The van der Waals surface area contributed by atoms with Crippen LogP contribution < -0.4 is 9.47 Å². The first-order valence-corrected chi connectivity index (χ1v) is 13.6. The van der Waals surface area contributed by atoms with Crippen molar-refractivity contribution in [2.75, 3.05) is 39.4 Å². The highest BCUT2D eigenvalue weighted by Crippen LogP contribution is 2.41. The van der Waals surface area contributed by atoms with E-state index in [0.717, 1.165) is 31.5 Å². The van der Waals surface area contributed by atoms with Crippen LogP contribution in [0.15, 0.2) is 65.9 Å². The zero-order chi connectivity index (χ0) is 27.5. The highest BCUT2D eigenvalue weighted by atomic mass is 16.5. The number of unbranched alkanes of at least 4 members (excludes halogenated alkanes) is 1. The molecule has 0 aromatic heterocycles. The van der Waals surface area contributed by atoms with Crippen molar-refractivity contribution >= 4 is 17.8 Å². The molecule has 2 aromatic rings. The van der Waals surface area contributed by atoms with E-state index in [4.69, 9.17) is 9.47 Å². The molecule has 1 N–H and O–H groups in total. The van der Waals surface area contributed by atoms with Crippen LogP contribution in [0.25, 0.3) is 6.08 Å². The van der Waals surface area contributed by atoms with Crippen LogP contribution in [0.3, 0.4) is 0 Å². The lowest BCUT2D eigenvalue weighted by molar-refractivity contribution is -0.129. The van der Waals surface area contributed by atoms with Crippen molar-refractivity contribution in [2.45, 2.75) is 46.6 Å². The molecule has 38 heavy (non-hydrogen) atoms. The lowest BCUT2D eigenvalue weighted by Gasteiger charge is -2.29. The van der Waals surface area contributed by atoms with Crippen molar-refractivity contribution in [2.24, 2.45) is 0 Å². The summed E-state index contributed by atoms with van der Waals surface area (Å²) in [6.07, 6.45) is 5.05. The minimum Gasteiger partial charge on any atom is -0.503 e. The Balaban J connectivity index is 2.01. The number of allylic oxidation sites excluding steroid dienone is 1. The molecule has 1 aliphatic heterocycles. The second kappa shape index (κ2) is 14.4. The molecule has 1 heterocycles. The van der Waals surface area contributed by atoms with Gasteiger partial charge in [0.15, 0.2) is 23.0 Å². The number of amides is 1. The van der Waals surface area contributed by atoms with E-state index in [9.17, 15) is 14.7 Å². The van der Waals surface area contributed by atoms with Crippen molar-refractivity contribution in [3.8, 4) is 11.5 Å². The normalized spacial score (nSPS) is 15.7. The van der Waals surface area contributed by atoms with Crippen molar-refractivity contribution in [1.82, 2.24) is 9.80 Å². The Bertz CT molecular complexity index is 1140. The fourth-order valence-electron chi connectivity index (χ4n) is 4.51. The number of nitrogens with zero attached hydrogens (tertiary/aromatic N) is 2. The largest absolute Gasteiger partial charge is 0.503 e. The topological polar surface area (TPSA) is 79.3 Å². The number of ether oxygens (including phenoxy) is 2. The Labute approximate surface area is 226 Å². The van der Waals surface area contributed by atoms with E-state index in [1.165, 1.54) is 6.08 Å². The predicted molar refractivity (Wildman–Crippen MR) is 150 cm³/mol. The number of hydrogen-bond acceptors (Lipinski definition) is 6. The molecule has 0 saturated carbocycles. The van der Waals surface area contributed by atoms with Crippen LogP contribution in [0.2, 0.25) is 0 Å². The first-order valence-electron chi connectivity index (χ1n) is 13.6. The Hall–Kier alpha value is -3.58. The molecule has 0 radical (unpaired) electrons. The van der Waals surface area contributed by atoms with Crippen LogP contribution in [-0.2, 0) is 9.59 Å². The number of ketones is 1. The van der Waals surface area contributed by atoms with Gasteiger partial charge in [-0.25, -0.2) is 0 Å². The van der Waals surface area contributed by atoms with Crippen LogP contribution in [0.5, 0.6) is 11.5 Å². The standard InChI is InChI=1S/C31H40N2O5/c1-5-9-21-38-26-18-16-24(22-27(26)37-8-4)29-28(25(34)17-15-23-13-11-10-12-14-23)30(35)31(36)33(29)20-19-32(6-2)7-3/h10-18,22,29,35H,5-9,19-21H2,1-4H3. The first kappa shape index (κ1) is 29.0. The average molecular weight is 521 g/mol. The number of hydrogen-bond donors (Lipinski definition) is 1. The second-order valence-corrected chi connectivity index (χ2v) is 9.14. The molecule has 0 spiro atoms. The van der Waals surface area contributed by atoms with Gasteiger partial charge in [0.2, 0.25) is 0 Å². The quantitative estimate of drug-likeness (QED) is 0.244. The van der Waals surface area contributed by atoms with Gasteiger partial charge in [-0.3, -0.25) is 9.59 Å². The molecule has 0 saturated heterocycles. The summed E-state index contributed by atoms with van der Waals surface area (Å²) < 4.78 is 11.8. The number of carbonyl (C=O) groups excluding carboxylic acids is 2. The van der Waals surface area contributed by atoms with Crippen molar-refractivity contribution in [3.63, 3.8) is 0 Å². The molecule has 3 rings (SSSR count). The molecule has 2 aromatic carbocycles. The minimum absolute atomic E-state index is 0.0730. The van der Waals surface area contributed by atoms with E-state index in [0.29, 0.717) is 43.4 Å². The summed E-state index contributed by atoms with van der Waals surface area (Å²) in [5.41, 5.74) is 1.61. The zero-order valence-corrected chi connectivity index (χ0v) is 23.0. The molecule has 0 aliphatic carbocycles. The summed E-state index contributed by atoms with van der Waals surface area (Å²) in [4.78, 5) is 30.5. The Morgan fingerprint density at radius 2 is 1.76 bits per heavy atom. The number of likely N-dealkylation sites (N-methyl/N-ethyl adjacent to an activating group) is 1. The zero-order valence-electron chi connectivity index (χ0n) is 23.0. The molecule has 204 valence electrons. The fraction of sp³-hybridized carbons (Fsp3) is 0.419. The summed E-state index contributed by atoms with van der Waals surface area (Å²) in [6.45, 7) is 11.8. The van der Waals surface area contributed by atoms with Gasteiger partial charge in [0.25, 0.3) is 5.91 Å². The number of aliphatic hydroxyl groups excluding tert-OH is 1. The van der Waals surface area contributed by atoms with E-state index < -0.39 is 23.5 Å². The maximum absolute atomic E-state index is 13.5. The lowest BCUT2D eigenvalue weighted by Crippen LogP contribution is -2.38. The molecular weight excluding hydrogens is 480 g/mol. The van der Waals surface area contributed by atoms with Gasteiger partial charge in [0.05, 0.1) is 24.8 Å². The van der Waals surface area contributed by atoms with Crippen LogP contribution in [0.4, 0.5) is 0 Å².